The Morgan fingerprint density at radius 2 is 2.00 bits per heavy atom. The van der Waals surface area contributed by atoms with E-state index >= 15 is 0 Å². The molecule has 1 aromatic carbocycles. The van der Waals surface area contributed by atoms with Gasteiger partial charge >= 0.3 is 0 Å². The molecule has 1 aromatic heterocycles. The van der Waals surface area contributed by atoms with E-state index in [0.717, 1.165) is 5.56 Å². The number of halogens is 1. The first kappa shape index (κ1) is 13.1. The van der Waals surface area contributed by atoms with Crippen LogP contribution in [-0.2, 0) is 0 Å². The molecule has 2 aromatic rings. The number of hydrogen-bond donors (Lipinski definition) is 2. The quantitative estimate of drug-likeness (QED) is 0.898. The highest BCUT2D eigenvalue weighted by Crippen LogP contribution is 2.27. The van der Waals surface area contributed by atoms with Gasteiger partial charge < -0.3 is 11.1 Å². The van der Waals surface area contributed by atoms with E-state index in [2.05, 4.69) is 21.4 Å². The molecule has 0 aliphatic heterocycles. The molecule has 0 saturated heterocycles. The minimum absolute atomic E-state index is 0.0143. The number of anilines is 2. The predicted molar refractivity (Wildman–Crippen MR) is 74.6 cm³/mol. The van der Waals surface area contributed by atoms with Crippen molar-refractivity contribution in [3.8, 4) is 6.07 Å². The van der Waals surface area contributed by atoms with Crippen molar-refractivity contribution in [2.45, 2.75) is 13.0 Å². The van der Waals surface area contributed by atoms with Crippen LogP contribution in [0, 0.1) is 11.3 Å². The third kappa shape index (κ3) is 2.92. The predicted octanol–water partition coefficient (Wildman–Crippen LogP) is 2.76. The van der Waals surface area contributed by atoms with Crippen LogP contribution in [0.15, 0.2) is 30.6 Å². The molecular weight excluding hydrogens is 262 g/mol. The Kier molecular flexibility index (Phi) is 3.83. The van der Waals surface area contributed by atoms with Crippen LogP contribution < -0.4 is 11.1 Å². The molecule has 19 heavy (non-hydrogen) atoms. The molecule has 0 bridgehead atoms. The van der Waals surface area contributed by atoms with Crippen molar-refractivity contribution in [3.63, 3.8) is 0 Å². The van der Waals surface area contributed by atoms with Gasteiger partial charge in [-0.1, -0.05) is 23.7 Å². The number of nitrogens with two attached hydrogens (primary N) is 1. The number of aromatic nitrogens is 2. The largest absolute Gasteiger partial charge is 0.382 e. The van der Waals surface area contributed by atoms with E-state index in [1.165, 1.54) is 6.33 Å². The Hall–Kier alpha value is -2.32. The number of benzene rings is 1. The maximum absolute atomic E-state index is 8.76. The fourth-order valence-electron chi connectivity index (χ4n) is 1.62. The number of nitrogens with zero attached hydrogens (tertiary/aromatic N) is 3. The van der Waals surface area contributed by atoms with Crippen molar-refractivity contribution in [2.75, 3.05) is 11.1 Å². The summed E-state index contributed by atoms with van der Waals surface area (Å²) in [5.41, 5.74) is 7.26. The SMILES string of the molecule is CC(Nc1ncnc(N)c1Cl)c1ccc(C#N)cc1. The Morgan fingerprint density at radius 1 is 1.32 bits per heavy atom. The third-order valence-electron chi connectivity index (χ3n) is 2.71. The highest BCUT2D eigenvalue weighted by Gasteiger charge is 2.11. The highest BCUT2D eigenvalue weighted by atomic mass is 35.5. The molecule has 5 nitrogen and oxygen atoms in total. The number of nitriles is 1. The van der Waals surface area contributed by atoms with Crippen molar-refractivity contribution < 1.29 is 0 Å². The molecule has 1 heterocycles. The Labute approximate surface area is 116 Å². The van der Waals surface area contributed by atoms with E-state index in [9.17, 15) is 0 Å². The summed E-state index contributed by atoms with van der Waals surface area (Å²) in [7, 11) is 0. The second kappa shape index (κ2) is 5.55. The summed E-state index contributed by atoms with van der Waals surface area (Å²) in [6.45, 7) is 1.97. The van der Waals surface area contributed by atoms with E-state index in [-0.39, 0.29) is 11.9 Å². The number of nitrogens with one attached hydrogen (secondary N) is 1. The standard InChI is InChI=1S/C13H12ClN5/c1-8(10-4-2-9(6-15)3-5-10)19-13-11(14)12(16)17-7-18-13/h2-5,7-8H,1H3,(H3,16,17,18,19). The molecule has 1 unspecified atom stereocenters. The van der Waals surface area contributed by atoms with Crippen LogP contribution in [-0.4, -0.2) is 9.97 Å². The summed E-state index contributed by atoms with van der Waals surface area (Å²) in [6, 6.07) is 9.37. The van der Waals surface area contributed by atoms with Crippen molar-refractivity contribution in [2.24, 2.45) is 0 Å². The zero-order chi connectivity index (χ0) is 13.8. The first-order valence-corrected chi connectivity index (χ1v) is 6.02. The molecule has 0 aliphatic carbocycles. The normalized spacial score (nSPS) is 11.6. The molecule has 0 amide bonds. The minimum atomic E-state index is -0.0143. The van der Waals surface area contributed by atoms with Crippen LogP contribution in [0.3, 0.4) is 0 Å². The number of nitrogen functional groups attached to an aromatic ring is 1. The van der Waals surface area contributed by atoms with E-state index in [4.69, 9.17) is 22.6 Å². The lowest BCUT2D eigenvalue weighted by Gasteiger charge is -2.16. The number of hydrogen-bond acceptors (Lipinski definition) is 5. The summed E-state index contributed by atoms with van der Waals surface area (Å²) in [6.07, 6.45) is 1.36. The van der Waals surface area contributed by atoms with Gasteiger partial charge in [-0.05, 0) is 24.6 Å². The second-order valence-electron chi connectivity index (χ2n) is 4.02. The molecule has 2 rings (SSSR count). The first-order chi connectivity index (χ1) is 9.11. The Bertz CT molecular complexity index is 618. The van der Waals surface area contributed by atoms with Gasteiger partial charge in [-0.2, -0.15) is 5.26 Å². The van der Waals surface area contributed by atoms with E-state index < -0.39 is 0 Å². The van der Waals surface area contributed by atoms with Crippen LogP contribution in [0.25, 0.3) is 0 Å². The molecule has 1 atom stereocenters. The summed E-state index contributed by atoms with van der Waals surface area (Å²) < 4.78 is 0. The van der Waals surface area contributed by atoms with Crippen LogP contribution in [0.4, 0.5) is 11.6 Å². The van der Waals surface area contributed by atoms with Crippen LogP contribution in [0.1, 0.15) is 24.1 Å². The van der Waals surface area contributed by atoms with Crippen LogP contribution in [0.5, 0.6) is 0 Å². The van der Waals surface area contributed by atoms with Crippen molar-refractivity contribution >= 4 is 23.2 Å². The molecular formula is C13H12ClN5. The molecule has 0 aliphatic rings. The smallest absolute Gasteiger partial charge is 0.150 e. The van der Waals surface area contributed by atoms with E-state index in [1.807, 2.05) is 19.1 Å². The Balaban J connectivity index is 2.18. The topological polar surface area (TPSA) is 87.6 Å². The molecule has 6 heteroatoms. The highest BCUT2D eigenvalue weighted by molar-refractivity contribution is 6.35. The van der Waals surface area contributed by atoms with E-state index in [1.54, 1.807) is 12.1 Å². The van der Waals surface area contributed by atoms with Crippen molar-refractivity contribution in [1.82, 2.24) is 9.97 Å². The van der Waals surface area contributed by atoms with Crippen LogP contribution >= 0.6 is 11.6 Å². The van der Waals surface area contributed by atoms with Crippen LogP contribution in [0.2, 0.25) is 5.02 Å². The lowest BCUT2D eigenvalue weighted by atomic mass is 10.1. The monoisotopic (exact) mass is 273 g/mol. The van der Waals surface area contributed by atoms with Gasteiger partial charge in [-0.15, -0.1) is 0 Å². The zero-order valence-corrected chi connectivity index (χ0v) is 11.0. The van der Waals surface area contributed by atoms with Crippen molar-refractivity contribution in [3.05, 3.63) is 46.7 Å². The third-order valence-corrected chi connectivity index (χ3v) is 3.08. The zero-order valence-electron chi connectivity index (χ0n) is 10.3. The lowest BCUT2D eigenvalue weighted by molar-refractivity contribution is 0.872. The summed E-state index contributed by atoms with van der Waals surface area (Å²) in [5, 5.41) is 12.2. The molecule has 0 spiro atoms. The average Bonchev–Trinajstić information content (AvgIpc) is 2.44. The van der Waals surface area contributed by atoms with Gasteiger partial charge in [0.15, 0.2) is 5.82 Å². The van der Waals surface area contributed by atoms with Gasteiger partial charge in [0.05, 0.1) is 11.6 Å². The maximum atomic E-state index is 8.76. The average molecular weight is 274 g/mol. The maximum Gasteiger partial charge on any atom is 0.150 e. The van der Waals surface area contributed by atoms with E-state index in [0.29, 0.717) is 16.4 Å². The van der Waals surface area contributed by atoms with Gasteiger partial charge in [0.1, 0.15) is 17.2 Å². The minimum Gasteiger partial charge on any atom is -0.382 e. The molecule has 0 saturated carbocycles. The Morgan fingerprint density at radius 3 is 2.63 bits per heavy atom. The molecule has 0 radical (unpaired) electrons. The summed E-state index contributed by atoms with van der Waals surface area (Å²) >= 11 is 6.02. The first-order valence-electron chi connectivity index (χ1n) is 5.64. The molecule has 96 valence electrons. The lowest BCUT2D eigenvalue weighted by Crippen LogP contribution is -2.09. The second-order valence-corrected chi connectivity index (χ2v) is 4.40. The van der Waals surface area contributed by atoms with Gasteiger partial charge in [0.25, 0.3) is 0 Å². The van der Waals surface area contributed by atoms with Gasteiger partial charge in [0, 0.05) is 6.04 Å². The number of rotatable bonds is 3. The fraction of sp³-hybridized carbons (Fsp3) is 0.154. The van der Waals surface area contributed by atoms with Gasteiger partial charge in [-0.25, -0.2) is 9.97 Å². The van der Waals surface area contributed by atoms with Crippen molar-refractivity contribution in [1.29, 1.82) is 5.26 Å². The van der Waals surface area contributed by atoms with Gasteiger partial charge in [0.2, 0.25) is 0 Å². The fourth-order valence-corrected chi connectivity index (χ4v) is 1.77. The van der Waals surface area contributed by atoms with Gasteiger partial charge in [-0.3, -0.25) is 0 Å². The molecule has 3 N–H and O–H groups in total. The summed E-state index contributed by atoms with van der Waals surface area (Å²) in [4.78, 5) is 7.85. The molecule has 0 fully saturated rings. The summed E-state index contributed by atoms with van der Waals surface area (Å²) in [5.74, 6) is 0.734.